The van der Waals surface area contributed by atoms with Gasteiger partial charge in [-0.3, -0.25) is 0 Å². The van der Waals surface area contributed by atoms with Crippen molar-refractivity contribution < 1.29 is 5.11 Å². The number of halogens is 2. The Morgan fingerprint density at radius 2 is 1.83 bits per heavy atom. The normalized spacial score (nSPS) is 10.4. The second-order valence-electron chi connectivity index (χ2n) is 2.76. The first kappa shape index (κ1) is 10.2. The van der Waals surface area contributed by atoms with Gasteiger partial charge < -0.3 is 5.11 Å². The quantitative estimate of drug-likeness (QED) is 0.842. The van der Waals surface area contributed by atoms with Crippen molar-refractivity contribution in [2.45, 2.75) is 20.5 Å². The molecule has 0 bridgehead atoms. The van der Waals surface area contributed by atoms with Crippen LogP contribution in [-0.2, 0) is 6.61 Å². The summed E-state index contributed by atoms with van der Waals surface area (Å²) in [6.07, 6.45) is 0. The molecule has 0 aromatic heterocycles. The first-order valence-corrected chi connectivity index (χ1v) is 5.21. The van der Waals surface area contributed by atoms with Crippen molar-refractivity contribution in [3.8, 4) is 0 Å². The largest absolute Gasteiger partial charge is 0.392 e. The second kappa shape index (κ2) is 3.90. The zero-order valence-electron chi connectivity index (χ0n) is 6.99. The third-order valence-corrected chi connectivity index (χ3v) is 4.17. The monoisotopic (exact) mass is 292 g/mol. The minimum atomic E-state index is 0.0789. The van der Waals surface area contributed by atoms with Gasteiger partial charge in [-0.1, -0.05) is 37.9 Å². The highest BCUT2D eigenvalue weighted by Gasteiger charge is 2.07. The van der Waals surface area contributed by atoms with Gasteiger partial charge in [-0.2, -0.15) is 0 Å². The van der Waals surface area contributed by atoms with Crippen molar-refractivity contribution in [1.29, 1.82) is 0 Å². The highest BCUT2D eigenvalue weighted by Crippen LogP contribution is 2.30. The van der Waals surface area contributed by atoms with Crippen LogP contribution in [0.25, 0.3) is 0 Å². The van der Waals surface area contributed by atoms with Crippen molar-refractivity contribution in [1.82, 2.24) is 0 Å². The lowest BCUT2D eigenvalue weighted by Gasteiger charge is -2.09. The molecule has 1 nitrogen and oxygen atoms in total. The Bertz CT molecular complexity index is 308. The number of aryl methyl sites for hydroxylation is 1. The molecule has 1 aromatic carbocycles. The fraction of sp³-hybridized carbons (Fsp3) is 0.333. The highest BCUT2D eigenvalue weighted by atomic mass is 79.9. The highest BCUT2D eigenvalue weighted by molar-refractivity contribution is 9.11. The molecular formula is C9H10Br2O. The van der Waals surface area contributed by atoms with Gasteiger partial charge in [0.05, 0.1) is 6.61 Å². The molecule has 0 fully saturated rings. The molecule has 0 saturated heterocycles. The maximum Gasteiger partial charge on any atom is 0.0693 e. The molecule has 0 heterocycles. The Labute approximate surface area is 89.1 Å². The van der Waals surface area contributed by atoms with E-state index in [2.05, 4.69) is 31.9 Å². The number of aliphatic hydroxyl groups excluding tert-OH is 1. The molecule has 3 heteroatoms. The van der Waals surface area contributed by atoms with Crippen LogP contribution < -0.4 is 0 Å². The van der Waals surface area contributed by atoms with Crippen molar-refractivity contribution in [3.05, 3.63) is 31.7 Å². The van der Waals surface area contributed by atoms with Crippen LogP contribution in [0.1, 0.15) is 16.7 Å². The van der Waals surface area contributed by atoms with Crippen LogP contribution in [0.4, 0.5) is 0 Å². The van der Waals surface area contributed by atoms with Crippen LogP contribution in [0.2, 0.25) is 0 Å². The molecule has 0 unspecified atom stereocenters. The summed E-state index contributed by atoms with van der Waals surface area (Å²) in [5.41, 5.74) is 3.23. The lowest BCUT2D eigenvalue weighted by molar-refractivity contribution is 0.281. The van der Waals surface area contributed by atoms with E-state index in [0.717, 1.165) is 25.6 Å². The van der Waals surface area contributed by atoms with Crippen LogP contribution >= 0.6 is 31.9 Å². The minimum absolute atomic E-state index is 0.0789. The van der Waals surface area contributed by atoms with E-state index < -0.39 is 0 Å². The average Bonchev–Trinajstić information content (AvgIpc) is 2.08. The Morgan fingerprint density at radius 1 is 1.25 bits per heavy atom. The summed E-state index contributed by atoms with van der Waals surface area (Å²) in [6.45, 7) is 4.11. The summed E-state index contributed by atoms with van der Waals surface area (Å²) in [4.78, 5) is 0. The average molecular weight is 294 g/mol. The van der Waals surface area contributed by atoms with Crippen molar-refractivity contribution in [3.63, 3.8) is 0 Å². The maximum absolute atomic E-state index is 9.01. The Kier molecular flexibility index (Phi) is 3.32. The molecule has 0 spiro atoms. The lowest BCUT2D eigenvalue weighted by atomic mass is 10.1. The van der Waals surface area contributed by atoms with E-state index in [4.69, 9.17) is 5.11 Å². The van der Waals surface area contributed by atoms with Crippen LogP contribution in [-0.4, -0.2) is 5.11 Å². The van der Waals surface area contributed by atoms with Crippen molar-refractivity contribution in [2.24, 2.45) is 0 Å². The van der Waals surface area contributed by atoms with Gasteiger partial charge in [0.1, 0.15) is 0 Å². The standard InChI is InChI=1S/C9H10Br2O/c1-5-3-7(4-12)9(11)6(2)8(5)10/h3,12H,4H2,1-2H3. The fourth-order valence-corrected chi connectivity index (χ4v) is 2.15. The molecule has 0 aliphatic heterocycles. The summed E-state index contributed by atoms with van der Waals surface area (Å²) in [5, 5.41) is 9.01. The first-order chi connectivity index (χ1) is 5.57. The lowest BCUT2D eigenvalue weighted by Crippen LogP contribution is -1.92. The summed E-state index contributed by atoms with van der Waals surface area (Å²) in [7, 11) is 0. The Morgan fingerprint density at radius 3 is 2.33 bits per heavy atom. The number of hydrogen-bond acceptors (Lipinski definition) is 1. The third kappa shape index (κ3) is 1.73. The fourth-order valence-electron chi connectivity index (χ4n) is 1.14. The first-order valence-electron chi connectivity index (χ1n) is 3.63. The maximum atomic E-state index is 9.01. The molecule has 12 heavy (non-hydrogen) atoms. The summed E-state index contributed by atoms with van der Waals surface area (Å²) in [6, 6.07) is 1.97. The molecule has 66 valence electrons. The van der Waals surface area contributed by atoms with E-state index in [1.54, 1.807) is 0 Å². The van der Waals surface area contributed by atoms with Gasteiger partial charge in [0.15, 0.2) is 0 Å². The van der Waals surface area contributed by atoms with E-state index in [0.29, 0.717) is 0 Å². The van der Waals surface area contributed by atoms with Crippen LogP contribution in [0.5, 0.6) is 0 Å². The zero-order valence-corrected chi connectivity index (χ0v) is 10.2. The third-order valence-electron chi connectivity index (χ3n) is 1.85. The van der Waals surface area contributed by atoms with Gasteiger partial charge in [0.25, 0.3) is 0 Å². The van der Waals surface area contributed by atoms with Gasteiger partial charge in [-0.05, 0) is 30.5 Å². The van der Waals surface area contributed by atoms with Gasteiger partial charge in [-0.15, -0.1) is 0 Å². The molecule has 0 saturated carbocycles. The predicted molar refractivity (Wildman–Crippen MR) is 57.2 cm³/mol. The molecule has 1 rings (SSSR count). The Balaban J connectivity index is 3.39. The van der Waals surface area contributed by atoms with Crippen LogP contribution in [0.15, 0.2) is 15.0 Å². The molecule has 1 N–H and O–H groups in total. The zero-order chi connectivity index (χ0) is 9.30. The molecule has 1 aromatic rings. The summed E-state index contributed by atoms with van der Waals surface area (Å²) < 4.78 is 2.09. The number of hydrogen-bond donors (Lipinski definition) is 1. The van der Waals surface area contributed by atoms with E-state index in [-0.39, 0.29) is 6.61 Å². The van der Waals surface area contributed by atoms with Gasteiger partial charge in [-0.25, -0.2) is 0 Å². The van der Waals surface area contributed by atoms with Crippen LogP contribution in [0.3, 0.4) is 0 Å². The number of benzene rings is 1. The number of aliphatic hydroxyl groups is 1. The summed E-state index contributed by atoms with van der Waals surface area (Å²) in [5.74, 6) is 0. The van der Waals surface area contributed by atoms with E-state index in [9.17, 15) is 0 Å². The molecule has 0 radical (unpaired) electrons. The molecule has 0 aliphatic rings. The van der Waals surface area contributed by atoms with Crippen LogP contribution in [0, 0.1) is 13.8 Å². The van der Waals surface area contributed by atoms with E-state index in [1.165, 1.54) is 0 Å². The molecule has 0 atom stereocenters. The van der Waals surface area contributed by atoms with E-state index in [1.807, 2.05) is 19.9 Å². The smallest absolute Gasteiger partial charge is 0.0693 e. The topological polar surface area (TPSA) is 20.2 Å². The second-order valence-corrected chi connectivity index (χ2v) is 4.35. The molecule has 0 aliphatic carbocycles. The van der Waals surface area contributed by atoms with Gasteiger partial charge in [0.2, 0.25) is 0 Å². The minimum Gasteiger partial charge on any atom is -0.392 e. The SMILES string of the molecule is Cc1cc(CO)c(Br)c(C)c1Br. The summed E-state index contributed by atoms with van der Waals surface area (Å²) >= 11 is 6.92. The predicted octanol–water partition coefficient (Wildman–Crippen LogP) is 3.32. The van der Waals surface area contributed by atoms with E-state index >= 15 is 0 Å². The van der Waals surface area contributed by atoms with Crippen molar-refractivity contribution in [2.75, 3.05) is 0 Å². The Hall–Kier alpha value is 0.140. The van der Waals surface area contributed by atoms with Gasteiger partial charge >= 0.3 is 0 Å². The molecular weight excluding hydrogens is 284 g/mol. The van der Waals surface area contributed by atoms with Crippen molar-refractivity contribution >= 4 is 31.9 Å². The van der Waals surface area contributed by atoms with Gasteiger partial charge in [0, 0.05) is 8.95 Å². The molecule has 0 amide bonds. The number of rotatable bonds is 1.